The van der Waals surface area contributed by atoms with Crippen molar-refractivity contribution in [2.75, 3.05) is 0 Å². The largest absolute Gasteiger partial charge is 0.289 e. The summed E-state index contributed by atoms with van der Waals surface area (Å²) in [7, 11) is 0. The van der Waals surface area contributed by atoms with E-state index in [4.69, 9.17) is 0 Å². The number of hydrogen-bond acceptors (Lipinski definition) is 2. The summed E-state index contributed by atoms with van der Waals surface area (Å²) in [6, 6.07) is 15.3. The van der Waals surface area contributed by atoms with Crippen molar-refractivity contribution in [3.63, 3.8) is 0 Å². The second-order valence-corrected chi connectivity index (χ2v) is 6.70. The molecule has 0 N–H and O–H groups in total. The van der Waals surface area contributed by atoms with Gasteiger partial charge in [0.15, 0.2) is 10.9 Å². The van der Waals surface area contributed by atoms with Crippen molar-refractivity contribution in [2.45, 2.75) is 13.3 Å². The van der Waals surface area contributed by atoms with Gasteiger partial charge in [0.2, 0.25) is 0 Å². The highest BCUT2D eigenvalue weighted by Gasteiger charge is 2.23. The van der Waals surface area contributed by atoms with Crippen LogP contribution in [0.5, 0.6) is 0 Å². The normalized spacial score (nSPS) is 11.9. The predicted octanol–water partition coefficient (Wildman–Crippen LogP) is 5.10. The van der Waals surface area contributed by atoms with Gasteiger partial charge in [-0.15, -0.1) is 0 Å². The van der Waals surface area contributed by atoms with Crippen molar-refractivity contribution in [2.24, 2.45) is 0 Å². The molecule has 0 saturated carbocycles. The minimum atomic E-state index is 0.0276. The molecule has 5 rings (SSSR count). The summed E-state index contributed by atoms with van der Waals surface area (Å²) in [4.78, 5) is 26.4. The van der Waals surface area contributed by atoms with Crippen molar-refractivity contribution in [3.8, 4) is 0 Å². The molecule has 0 aliphatic carbocycles. The first-order valence-electron chi connectivity index (χ1n) is 8.82. The zero-order chi connectivity index (χ0) is 18.0. The molecule has 2 nitrogen and oxygen atoms in total. The molecule has 0 amide bonds. The molecular formula is C24H16O2. The van der Waals surface area contributed by atoms with E-state index in [1.807, 2.05) is 55.5 Å². The lowest BCUT2D eigenvalue weighted by atomic mass is 9.93. The maximum Gasteiger partial charge on any atom is 0.194 e. The van der Waals surface area contributed by atoms with Crippen LogP contribution in [0.1, 0.15) is 18.1 Å². The molecule has 0 radical (unpaired) electrons. The molecule has 0 heterocycles. The van der Waals surface area contributed by atoms with Gasteiger partial charge in [-0.2, -0.15) is 0 Å². The van der Waals surface area contributed by atoms with Gasteiger partial charge in [0.05, 0.1) is 0 Å². The number of benzene rings is 3. The van der Waals surface area contributed by atoms with E-state index in [-0.39, 0.29) is 10.9 Å². The zero-order valence-corrected chi connectivity index (χ0v) is 14.4. The minimum absolute atomic E-state index is 0.0276. The van der Waals surface area contributed by atoms with Gasteiger partial charge in [0.1, 0.15) is 0 Å². The highest BCUT2D eigenvalue weighted by Crippen LogP contribution is 2.39. The Balaban J connectivity index is 2.29. The third-order valence-corrected chi connectivity index (χ3v) is 5.54. The van der Waals surface area contributed by atoms with Crippen molar-refractivity contribution >= 4 is 49.2 Å². The lowest BCUT2D eigenvalue weighted by Crippen LogP contribution is -2.02. The van der Waals surface area contributed by atoms with E-state index < -0.39 is 0 Å². The van der Waals surface area contributed by atoms with Gasteiger partial charge in [0, 0.05) is 26.9 Å². The molecular weight excluding hydrogens is 320 g/mol. The van der Waals surface area contributed by atoms with Gasteiger partial charge in [-0.1, -0.05) is 68.1 Å². The Morgan fingerprint density at radius 1 is 0.731 bits per heavy atom. The quantitative estimate of drug-likeness (QED) is 0.449. The highest BCUT2D eigenvalue weighted by atomic mass is 16.1. The molecule has 0 bridgehead atoms. The molecule has 124 valence electrons. The van der Waals surface area contributed by atoms with Gasteiger partial charge in [-0.05, 0) is 33.7 Å². The van der Waals surface area contributed by atoms with Crippen LogP contribution in [0.2, 0.25) is 0 Å². The maximum atomic E-state index is 13.2. The van der Waals surface area contributed by atoms with Crippen molar-refractivity contribution in [1.82, 2.24) is 0 Å². The average molecular weight is 336 g/mol. The molecule has 5 aromatic rings. The number of fused-ring (bicyclic) bond motifs is 6. The topological polar surface area (TPSA) is 34.1 Å². The molecule has 0 saturated heterocycles. The maximum absolute atomic E-state index is 13.2. The second kappa shape index (κ2) is 5.12. The standard InChI is InChI=1S/C24H16O2/c1-3-13-19-15-9-5-7-11-17(15)24(26)22(19)14(4-2)20-16-10-6-8-12-18(16)23(25)21(13)20/h3,5-12H,1,4H2,2H3. The van der Waals surface area contributed by atoms with Gasteiger partial charge >= 0.3 is 0 Å². The zero-order valence-electron chi connectivity index (χ0n) is 14.4. The van der Waals surface area contributed by atoms with Gasteiger partial charge in [-0.3, -0.25) is 9.59 Å². The summed E-state index contributed by atoms with van der Waals surface area (Å²) < 4.78 is 0. The first-order chi connectivity index (χ1) is 12.7. The minimum Gasteiger partial charge on any atom is -0.289 e. The van der Waals surface area contributed by atoms with E-state index in [1.165, 1.54) is 0 Å². The molecule has 0 fully saturated rings. The third kappa shape index (κ3) is 1.62. The predicted molar refractivity (Wildman–Crippen MR) is 111 cm³/mol. The number of rotatable bonds is 2. The molecule has 0 aliphatic rings. The van der Waals surface area contributed by atoms with Crippen LogP contribution in [-0.2, 0) is 6.42 Å². The summed E-state index contributed by atoms with van der Waals surface area (Å²) in [5.74, 6) is 0. The van der Waals surface area contributed by atoms with E-state index in [9.17, 15) is 9.59 Å². The van der Waals surface area contributed by atoms with Crippen molar-refractivity contribution in [1.29, 1.82) is 0 Å². The monoisotopic (exact) mass is 336 g/mol. The molecule has 0 aromatic heterocycles. The summed E-state index contributed by atoms with van der Waals surface area (Å²) in [6.45, 7) is 6.02. The first-order valence-corrected chi connectivity index (χ1v) is 8.82. The van der Waals surface area contributed by atoms with E-state index in [0.717, 1.165) is 38.1 Å². The molecule has 5 aromatic carbocycles. The van der Waals surface area contributed by atoms with E-state index in [2.05, 4.69) is 6.58 Å². The number of hydrogen-bond donors (Lipinski definition) is 0. The van der Waals surface area contributed by atoms with Crippen LogP contribution in [0, 0.1) is 0 Å². The fourth-order valence-electron chi connectivity index (χ4n) is 4.51. The average Bonchev–Trinajstić information content (AvgIpc) is 3.14. The summed E-state index contributed by atoms with van der Waals surface area (Å²) in [6.07, 6.45) is 2.43. The molecule has 0 spiro atoms. The van der Waals surface area contributed by atoms with Crippen LogP contribution in [-0.4, -0.2) is 0 Å². The van der Waals surface area contributed by atoms with Crippen molar-refractivity contribution < 1.29 is 0 Å². The van der Waals surface area contributed by atoms with E-state index >= 15 is 0 Å². The van der Waals surface area contributed by atoms with Crippen LogP contribution >= 0.6 is 0 Å². The lowest BCUT2D eigenvalue weighted by Gasteiger charge is -2.08. The summed E-state index contributed by atoms with van der Waals surface area (Å²) in [5.41, 5.74) is 1.84. The fourth-order valence-corrected chi connectivity index (χ4v) is 4.51. The Morgan fingerprint density at radius 2 is 1.23 bits per heavy atom. The smallest absolute Gasteiger partial charge is 0.194 e. The van der Waals surface area contributed by atoms with Gasteiger partial charge in [0.25, 0.3) is 0 Å². The fraction of sp³-hybridized carbons (Fsp3) is 0.0833. The van der Waals surface area contributed by atoms with Gasteiger partial charge in [-0.25, -0.2) is 0 Å². The Labute approximate surface area is 149 Å². The molecule has 2 heteroatoms. The molecule has 0 unspecified atom stereocenters. The highest BCUT2D eigenvalue weighted by molar-refractivity contribution is 6.27. The second-order valence-electron chi connectivity index (χ2n) is 6.70. The Hall–Kier alpha value is -3.26. The van der Waals surface area contributed by atoms with Crippen molar-refractivity contribution in [3.05, 3.63) is 86.7 Å². The van der Waals surface area contributed by atoms with Crippen LogP contribution < -0.4 is 10.9 Å². The first kappa shape index (κ1) is 15.0. The molecule has 0 aliphatic heterocycles. The van der Waals surface area contributed by atoms with Crippen LogP contribution in [0.3, 0.4) is 0 Å². The Bertz CT molecular complexity index is 1460. The van der Waals surface area contributed by atoms with Crippen LogP contribution in [0.15, 0.2) is 64.7 Å². The van der Waals surface area contributed by atoms with E-state index in [1.54, 1.807) is 6.08 Å². The molecule has 0 atom stereocenters. The van der Waals surface area contributed by atoms with Gasteiger partial charge < -0.3 is 0 Å². The lowest BCUT2D eigenvalue weighted by molar-refractivity contribution is 1.18. The summed E-state index contributed by atoms with van der Waals surface area (Å²) in [5, 5.41) is 6.49. The number of aryl methyl sites for hydroxylation is 1. The Morgan fingerprint density at radius 3 is 1.77 bits per heavy atom. The SMILES string of the molecule is C=Cc1c2c(=O)c3ccccc3c2c(CC)c2c(=O)c3ccccc3c12. The summed E-state index contributed by atoms with van der Waals surface area (Å²) >= 11 is 0. The third-order valence-electron chi connectivity index (χ3n) is 5.54. The van der Waals surface area contributed by atoms with Crippen LogP contribution in [0.25, 0.3) is 49.2 Å². The van der Waals surface area contributed by atoms with E-state index in [0.29, 0.717) is 22.6 Å². The Kier molecular flexibility index (Phi) is 2.96. The molecule has 26 heavy (non-hydrogen) atoms. The van der Waals surface area contributed by atoms with Crippen LogP contribution in [0.4, 0.5) is 0 Å².